The van der Waals surface area contributed by atoms with Crippen LogP contribution >= 0.6 is 0 Å². The predicted octanol–water partition coefficient (Wildman–Crippen LogP) is 1.91. The molecule has 116 valence electrons. The Bertz CT molecular complexity index is 483. The molecule has 21 heavy (non-hydrogen) atoms. The van der Waals surface area contributed by atoms with Crippen molar-refractivity contribution in [2.75, 3.05) is 7.05 Å². The molecule has 0 aromatic rings. The number of carbonyl (C=O) groups is 2. The molecule has 8 heteroatoms. The van der Waals surface area contributed by atoms with Crippen LogP contribution < -0.4 is 0 Å². The van der Waals surface area contributed by atoms with Gasteiger partial charge in [0.05, 0.1) is 6.07 Å². The number of hydrogen-bond acceptors (Lipinski definition) is 6. The average molecular weight is 296 g/mol. The number of nitrogens with zero attached hydrogens (tertiary/aromatic N) is 4. The number of aliphatic carboxylic acids is 2. The van der Waals surface area contributed by atoms with Crippen LogP contribution in [0, 0.1) is 11.3 Å². The lowest BCUT2D eigenvalue weighted by Crippen LogP contribution is -2.27. The SMILES string of the molecule is C/N=C/C(C)(CCC(=O)O)/N=N/C(C)(C#N)CCC(=O)O. The van der Waals surface area contributed by atoms with Crippen LogP contribution in [0.25, 0.3) is 0 Å². The van der Waals surface area contributed by atoms with E-state index in [0.29, 0.717) is 0 Å². The molecule has 0 spiro atoms. The Morgan fingerprint density at radius 3 is 2.10 bits per heavy atom. The molecule has 8 nitrogen and oxygen atoms in total. The van der Waals surface area contributed by atoms with Crippen molar-refractivity contribution in [1.29, 1.82) is 5.26 Å². The normalized spacial score (nSPS) is 17.2. The lowest BCUT2D eigenvalue weighted by atomic mass is 9.97. The van der Waals surface area contributed by atoms with Crippen molar-refractivity contribution in [1.82, 2.24) is 0 Å². The minimum Gasteiger partial charge on any atom is -0.481 e. The maximum Gasteiger partial charge on any atom is 0.303 e. The summed E-state index contributed by atoms with van der Waals surface area (Å²) in [5.41, 5.74) is -2.20. The minimum atomic E-state index is -1.26. The van der Waals surface area contributed by atoms with Crippen LogP contribution in [-0.4, -0.2) is 46.5 Å². The first-order chi connectivity index (χ1) is 9.66. The van der Waals surface area contributed by atoms with Crippen LogP contribution in [-0.2, 0) is 9.59 Å². The molecule has 2 unspecified atom stereocenters. The fraction of sp³-hybridized carbons (Fsp3) is 0.692. The molecule has 0 heterocycles. The molecule has 0 bridgehead atoms. The van der Waals surface area contributed by atoms with E-state index in [2.05, 4.69) is 15.2 Å². The van der Waals surface area contributed by atoms with Crippen molar-refractivity contribution in [2.24, 2.45) is 15.2 Å². The molecule has 0 radical (unpaired) electrons. The molecular weight excluding hydrogens is 276 g/mol. The van der Waals surface area contributed by atoms with Gasteiger partial charge in [0.25, 0.3) is 0 Å². The Labute approximate surface area is 123 Å². The van der Waals surface area contributed by atoms with Gasteiger partial charge in [0.1, 0.15) is 5.54 Å². The van der Waals surface area contributed by atoms with Gasteiger partial charge in [-0.15, -0.1) is 0 Å². The Kier molecular flexibility index (Phi) is 7.21. The lowest BCUT2D eigenvalue weighted by Gasteiger charge is -2.21. The van der Waals surface area contributed by atoms with Crippen molar-refractivity contribution < 1.29 is 19.8 Å². The van der Waals surface area contributed by atoms with Crippen molar-refractivity contribution in [2.45, 2.75) is 50.6 Å². The zero-order valence-corrected chi connectivity index (χ0v) is 12.4. The highest BCUT2D eigenvalue weighted by Gasteiger charge is 2.28. The summed E-state index contributed by atoms with van der Waals surface area (Å²) in [6.45, 7) is 3.14. The molecule has 0 amide bonds. The first kappa shape index (κ1) is 18.7. The second-order valence-electron chi connectivity index (χ2n) is 5.12. The van der Waals surface area contributed by atoms with Crippen LogP contribution in [0.3, 0.4) is 0 Å². The van der Waals surface area contributed by atoms with Gasteiger partial charge in [-0.05, 0) is 26.7 Å². The summed E-state index contributed by atoms with van der Waals surface area (Å²) in [6, 6.07) is 1.93. The second-order valence-corrected chi connectivity index (χ2v) is 5.12. The summed E-state index contributed by atoms with van der Waals surface area (Å²) in [6.07, 6.45) is 1.37. The smallest absolute Gasteiger partial charge is 0.303 e. The highest BCUT2D eigenvalue weighted by Crippen LogP contribution is 2.22. The van der Waals surface area contributed by atoms with Crippen molar-refractivity contribution in [3.05, 3.63) is 0 Å². The van der Waals surface area contributed by atoms with Gasteiger partial charge in [-0.3, -0.25) is 14.6 Å². The van der Waals surface area contributed by atoms with E-state index in [1.807, 2.05) is 6.07 Å². The topological polar surface area (TPSA) is 135 Å². The van der Waals surface area contributed by atoms with Crippen molar-refractivity contribution >= 4 is 18.2 Å². The third-order valence-electron chi connectivity index (χ3n) is 2.82. The molecule has 2 atom stereocenters. The molecule has 0 rings (SSSR count). The average Bonchev–Trinajstić information content (AvgIpc) is 2.41. The van der Waals surface area contributed by atoms with Gasteiger partial charge in [-0.2, -0.15) is 15.5 Å². The standard InChI is InChI=1S/C13H20N4O4/c1-12(8-14,6-4-10(18)19)16-17-13(2,9-15-3)7-5-11(20)21/h9H,4-7H2,1-3H3,(H,18,19)(H,20,21)/b15-9+,17-16+. The summed E-state index contributed by atoms with van der Waals surface area (Å²) in [4.78, 5) is 25.1. The van der Waals surface area contributed by atoms with Gasteiger partial charge in [-0.25, -0.2) is 0 Å². The fourth-order valence-corrected chi connectivity index (χ4v) is 1.48. The van der Waals surface area contributed by atoms with E-state index in [0.717, 1.165) is 0 Å². The van der Waals surface area contributed by atoms with Crippen LogP contribution in [0.1, 0.15) is 39.5 Å². The van der Waals surface area contributed by atoms with Crippen LogP contribution in [0.4, 0.5) is 0 Å². The maximum absolute atomic E-state index is 10.7. The number of carboxylic acids is 2. The number of carboxylic acid groups (broad SMARTS) is 2. The third kappa shape index (κ3) is 7.77. The molecule has 0 saturated carbocycles. The zero-order valence-electron chi connectivity index (χ0n) is 12.4. The van der Waals surface area contributed by atoms with E-state index in [9.17, 15) is 9.59 Å². The third-order valence-corrected chi connectivity index (χ3v) is 2.82. The minimum absolute atomic E-state index is 0.0284. The predicted molar refractivity (Wildman–Crippen MR) is 75.4 cm³/mol. The van der Waals surface area contributed by atoms with Crippen LogP contribution in [0.15, 0.2) is 15.2 Å². The number of azo groups is 1. The van der Waals surface area contributed by atoms with E-state index >= 15 is 0 Å². The number of nitriles is 1. The number of aliphatic imine (C=N–C) groups is 1. The monoisotopic (exact) mass is 296 g/mol. The number of hydrogen-bond donors (Lipinski definition) is 2. The van der Waals surface area contributed by atoms with Gasteiger partial charge >= 0.3 is 11.9 Å². The summed E-state index contributed by atoms with van der Waals surface area (Å²) in [5, 5.41) is 34.5. The van der Waals surface area contributed by atoms with E-state index in [1.54, 1.807) is 6.92 Å². The first-order valence-electron chi connectivity index (χ1n) is 6.38. The van der Waals surface area contributed by atoms with Crippen LogP contribution in [0.5, 0.6) is 0 Å². The Balaban J connectivity index is 5.07. The second kappa shape index (κ2) is 8.09. The molecule has 0 fully saturated rings. The van der Waals surface area contributed by atoms with Crippen molar-refractivity contribution in [3.8, 4) is 6.07 Å². The van der Waals surface area contributed by atoms with E-state index in [-0.39, 0.29) is 25.7 Å². The van der Waals surface area contributed by atoms with Gasteiger partial charge in [0.2, 0.25) is 0 Å². The summed E-state index contributed by atoms with van der Waals surface area (Å²) in [7, 11) is 1.53. The zero-order chi connectivity index (χ0) is 16.5. The highest BCUT2D eigenvalue weighted by atomic mass is 16.4. The van der Waals surface area contributed by atoms with E-state index < -0.39 is 23.0 Å². The Morgan fingerprint density at radius 2 is 1.67 bits per heavy atom. The molecule has 2 N–H and O–H groups in total. The van der Waals surface area contributed by atoms with Gasteiger partial charge in [0.15, 0.2) is 5.54 Å². The molecule has 0 aromatic carbocycles. The van der Waals surface area contributed by atoms with Crippen LogP contribution in [0.2, 0.25) is 0 Å². The highest BCUT2D eigenvalue weighted by molar-refractivity contribution is 5.72. The fourth-order valence-electron chi connectivity index (χ4n) is 1.48. The first-order valence-corrected chi connectivity index (χ1v) is 6.38. The molecule has 0 aliphatic heterocycles. The maximum atomic E-state index is 10.7. The summed E-state index contributed by atoms with van der Waals surface area (Å²) < 4.78 is 0. The van der Waals surface area contributed by atoms with E-state index in [1.165, 1.54) is 20.2 Å². The van der Waals surface area contributed by atoms with Gasteiger partial charge in [0, 0.05) is 26.1 Å². The molecule has 0 aliphatic rings. The largest absolute Gasteiger partial charge is 0.481 e. The quantitative estimate of drug-likeness (QED) is 0.494. The van der Waals surface area contributed by atoms with Gasteiger partial charge in [-0.1, -0.05) is 0 Å². The lowest BCUT2D eigenvalue weighted by molar-refractivity contribution is -0.138. The van der Waals surface area contributed by atoms with Crippen molar-refractivity contribution in [3.63, 3.8) is 0 Å². The molecular formula is C13H20N4O4. The molecule has 0 saturated heterocycles. The molecule has 0 aromatic heterocycles. The van der Waals surface area contributed by atoms with E-state index in [4.69, 9.17) is 15.5 Å². The number of rotatable bonds is 9. The Hall–Kier alpha value is -2.30. The summed E-state index contributed by atoms with van der Waals surface area (Å²) in [5.74, 6) is -1.98. The van der Waals surface area contributed by atoms with Gasteiger partial charge < -0.3 is 10.2 Å². The summed E-state index contributed by atoms with van der Waals surface area (Å²) >= 11 is 0. The molecule has 0 aliphatic carbocycles. The Morgan fingerprint density at radius 1 is 1.14 bits per heavy atom.